The summed E-state index contributed by atoms with van der Waals surface area (Å²) in [6.07, 6.45) is 6.60. The first-order valence-electron chi connectivity index (χ1n) is 8.76. The van der Waals surface area contributed by atoms with Gasteiger partial charge in [0.15, 0.2) is 0 Å². The van der Waals surface area contributed by atoms with E-state index in [0.29, 0.717) is 11.7 Å². The molecule has 0 spiro atoms. The number of nitrogens with one attached hydrogen (secondary N) is 1. The van der Waals surface area contributed by atoms with E-state index in [-0.39, 0.29) is 5.82 Å². The molecule has 0 saturated carbocycles. The third kappa shape index (κ3) is 7.80. The molecule has 0 aliphatic heterocycles. The standard InChI is InChI=1S/C19H32FNO2/c1-4-5-8-16(9-6-7-12-21-13-14-22-2)18-11-10-17(23-3)15-19(18)20/h10-11,15-16,21H,4-9,12-14H2,1-3H3. The summed E-state index contributed by atoms with van der Waals surface area (Å²) in [6.45, 7) is 4.81. The monoisotopic (exact) mass is 325 g/mol. The Hall–Kier alpha value is -1.13. The van der Waals surface area contributed by atoms with Gasteiger partial charge in [-0.3, -0.25) is 0 Å². The van der Waals surface area contributed by atoms with Crippen molar-refractivity contribution in [2.24, 2.45) is 0 Å². The molecule has 1 aromatic carbocycles. The Morgan fingerprint density at radius 1 is 1.09 bits per heavy atom. The van der Waals surface area contributed by atoms with Crippen LogP contribution in [0.1, 0.15) is 56.9 Å². The summed E-state index contributed by atoms with van der Waals surface area (Å²) < 4.78 is 24.4. The number of benzene rings is 1. The van der Waals surface area contributed by atoms with E-state index in [9.17, 15) is 4.39 Å². The molecule has 0 saturated heterocycles. The van der Waals surface area contributed by atoms with Gasteiger partial charge in [-0.05, 0) is 43.4 Å². The SMILES string of the molecule is CCCCC(CCCCNCCOC)c1ccc(OC)cc1F. The molecule has 0 heterocycles. The smallest absolute Gasteiger partial charge is 0.130 e. The Bertz CT molecular complexity index is 426. The van der Waals surface area contributed by atoms with Crippen LogP contribution in [-0.4, -0.2) is 33.9 Å². The average molecular weight is 325 g/mol. The van der Waals surface area contributed by atoms with Gasteiger partial charge in [0.2, 0.25) is 0 Å². The second-order valence-corrected chi connectivity index (χ2v) is 5.97. The van der Waals surface area contributed by atoms with Crippen molar-refractivity contribution >= 4 is 0 Å². The zero-order valence-electron chi connectivity index (χ0n) is 14.9. The normalized spacial score (nSPS) is 12.3. The molecule has 0 bridgehead atoms. The van der Waals surface area contributed by atoms with Crippen molar-refractivity contribution in [2.75, 3.05) is 33.9 Å². The van der Waals surface area contributed by atoms with Crippen molar-refractivity contribution in [1.29, 1.82) is 0 Å². The third-order valence-corrected chi connectivity index (χ3v) is 4.19. The topological polar surface area (TPSA) is 30.5 Å². The molecule has 0 aliphatic carbocycles. The Balaban J connectivity index is 2.49. The lowest BCUT2D eigenvalue weighted by molar-refractivity contribution is 0.199. The maximum absolute atomic E-state index is 14.3. The number of hydrogen-bond acceptors (Lipinski definition) is 3. The molecule has 1 unspecified atom stereocenters. The molecule has 23 heavy (non-hydrogen) atoms. The summed E-state index contributed by atoms with van der Waals surface area (Å²) in [5.41, 5.74) is 0.839. The van der Waals surface area contributed by atoms with Gasteiger partial charge in [0.05, 0.1) is 13.7 Å². The zero-order chi connectivity index (χ0) is 16.9. The second-order valence-electron chi connectivity index (χ2n) is 5.97. The number of halogens is 1. The Labute approximate surface area is 140 Å². The van der Waals surface area contributed by atoms with Crippen molar-refractivity contribution in [1.82, 2.24) is 5.32 Å². The van der Waals surface area contributed by atoms with Gasteiger partial charge in [0, 0.05) is 19.7 Å². The number of rotatable bonds is 13. The van der Waals surface area contributed by atoms with E-state index in [0.717, 1.165) is 63.8 Å². The summed E-state index contributed by atoms with van der Waals surface area (Å²) >= 11 is 0. The molecular weight excluding hydrogens is 293 g/mol. The summed E-state index contributed by atoms with van der Waals surface area (Å²) in [5, 5.41) is 3.35. The minimum atomic E-state index is -0.135. The molecule has 3 nitrogen and oxygen atoms in total. The zero-order valence-corrected chi connectivity index (χ0v) is 14.9. The first kappa shape index (κ1) is 19.9. The molecule has 0 aliphatic rings. The molecule has 0 amide bonds. The maximum atomic E-state index is 14.3. The molecule has 0 radical (unpaired) electrons. The molecule has 1 atom stereocenters. The van der Waals surface area contributed by atoms with E-state index >= 15 is 0 Å². The Morgan fingerprint density at radius 3 is 2.52 bits per heavy atom. The van der Waals surface area contributed by atoms with Crippen molar-refractivity contribution in [3.8, 4) is 5.75 Å². The van der Waals surface area contributed by atoms with Crippen LogP contribution in [0, 0.1) is 5.82 Å². The fourth-order valence-electron chi connectivity index (χ4n) is 2.81. The van der Waals surface area contributed by atoms with E-state index in [2.05, 4.69) is 12.2 Å². The van der Waals surface area contributed by atoms with Gasteiger partial charge in [-0.15, -0.1) is 0 Å². The first-order chi connectivity index (χ1) is 11.2. The van der Waals surface area contributed by atoms with Gasteiger partial charge in [-0.1, -0.05) is 32.3 Å². The van der Waals surface area contributed by atoms with E-state index in [1.807, 2.05) is 12.1 Å². The molecular formula is C19H32FNO2. The minimum Gasteiger partial charge on any atom is -0.497 e. The lowest BCUT2D eigenvalue weighted by Crippen LogP contribution is -2.20. The molecule has 132 valence electrons. The molecule has 1 rings (SSSR count). The van der Waals surface area contributed by atoms with Crippen molar-refractivity contribution in [3.05, 3.63) is 29.6 Å². The van der Waals surface area contributed by atoms with E-state index in [4.69, 9.17) is 9.47 Å². The Kier molecular flexibility index (Phi) is 10.7. The van der Waals surface area contributed by atoms with Crippen LogP contribution in [0.3, 0.4) is 0 Å². The van der Waals surface area contributed by atoms with Crippen LogP contribution in [0.4, 0.5) is 4.39 Å². The predicted molar refractivity (Wildman–Crippen MR) is 93.8 cm³/mol. The Morgan fingerprint density at radius 2 is 1.87 bits per heavy atom. The predicted octanol–water partition coefficient (Wildman–Crippen LogP) is 4.51. The van der Waals surface area contributed by atoms with Crippen LogP contribution in [0.25, 0.3) is 0 Å². The summed E-state index contributed by atoms with van der Waals surface area (Å²) in [4.78, 5) is 0. The van der Waals surface area contributed by atoms with Crippen LogP contribution < -0.4 is 10.1 Å². The molecule has 4 heteroatoms. The fourth-order valence-corrected chi connectivity index (χ4v) is 2.81. The number of hydrogen-bond donors (Lipinski definition) is 1. The summed E-state index contributed by atoms with van der Waals surface area (Å²) in [6, 6.07) is 5.26. The first-order valence-corrected chi connectivity index (χ1v) is 8.76. The molecule has 1 N–H and O–H groups in total. The van der Waals surface area contributed by atoms with Crippen LogP contribution in [0.5, 0.6) is 5.75 Å². The highest BCUT2D eigenvalue weighted by Crippen LogP contribution is 2.31. The highest BCUT2D eigenvalue weighted by molar-refractivity contribution is 5.31. The second kappa shape index (κ2) is 12.3. The lowest BCUT2D eigenvalue weighted by Gasteiger charge is -2.18. The van der Waals surface area contributed by atoms with Gasteiger partial charge in [0.25, 0.3) is 0 Å². The van der Waals surface area contributed by atoms with Gasteiger partial charge in [-0.2, -0.15) is 0 Å². The van der Waals surface area contributed by atoms with Crippen LogP contribution >= 0.6 is 0 Å². The quantitative estimate of drug-likeness (QED) is 0.541. The highest BCUT2D eigenvalue weighted by Gasteiger charge is 2.16. The van der Waals surface area contributed by atoms with E-state index in [1.165, 1.54) is 6.07 Å². The molecule has 1 aromatic rings. The average Bonchev–Trinajstić information content (AvgIpc) is 2.57. The summed E-state index contributed by atoms with van der Waals surface area (Å²) in [7, 11) is 3.28. The van der Waals surface area contributed by atoms with Gasteiger partial charge < -0.3 is 14.8 Å². The van der Waals surface area contributed by atoms with Crippen molar-refractivity contribution in [2.45, 2.75) is 51.4 Å². The maximum Gasteiger partial charge on any atom is 0.130 e. The number of unbranched alkanes of at least 4 members (excludes halogenated alkanes) is 2. The van der Waals surface area contributed by atoms with Crippen molar-refractivity contribution < 1.29 is 13.9 Å². The van der Waals surface area contributed by atoms with E-state index < -0.39 is 0 Å². The van der Waals surface area contributed by atoms with Gasteiger partial charge in [0.1, 0.15) is 11.6 Å². The summed E-state index contributed by atoms with van der Waals surface area (Å²) in [5.74, 6) is 0.756. The largest absolute Gasteiger partial charge is 0.497 e. The number of methoxy groups -OCH3 is 2. The molecule has 0 aromatic heterocycles. The minimum absolute atomic E-state index is 0.135. The van der Waals surface area contributed by atoms with Crippen molar-refractivity contribution in [3.63, 3.8) is 0 Å². The number of ether oxygens (including phenoxy) is 2. The van der Waals surface area contributed by atoms with Crippen LogP contribution in [0.15, 0.2) is 18.2 Å². The van der Waals surface area contributed by atoms with Crippen LogP contribution in [0.2, 0.25) is 0 Å². The van der Waals surface area contributed by atoms with Gasteiger partial charge in [-0.25, -0.2) is 4.39 Å². The highest BCUT2D eigenvalue weighted by atomic mass is 19.1. The fraction of sp³-hybridized carbons (Fsp3) is 0.684. The van der Waals surface area contributed by atoms with E-state index in [1.54, 1.807) is 14.2 Å². The lowest BCUT2D eigenvalue weighted by atomic mass is 9.88. The van der Waals surface area contributed by atoms with Gasteiger partial charge >= 0.3 is 0 Å². The molecule has 0 fully saturated rings. The van der Waals surface area contributed by atoms with Crippen LogP contribution in [-0.2, 0) is 4.74 Å². The third-order valence-electron chi connectivity index (χ3n) is 4.19.